The lowest BCUT2D eigenvalue weighted by Crippen LogP contribution is -2.22. The summed E-state index contributed by atoms with van der Waals surface area (Å²) >= 11 is 1.29. The average Bonchev–Trinajstić information content (AvgIpc) is 3.90. The number of carbonyl (C=O) groups is 2. The van der Waals surface area contributed by atoms with Gasteiger partial charge in [-0.15, -0.1) is 21.5 Å². The number of halogens is 1. The molecule has 2 aliphatic heterocycles. The molecule has 1 saturated heterocycles. The molecule has 238 valence electrons. The summed E-state index contributed by atoms with van der Waals surface area (Å²) in [6.07, 6.45) is 4.41. The predicted molar refractivity (Wildman–Crippen MR) is 174 cm³/mol. The number of hydrogen-bond donors (Lipinski definition) is 1. The summed E-state index contributed by atoms with van der Waals surface area (Å²) < 4.78 is 25.4. The zero-order chi connectivity index (χ0) is 32.4. The molecule has 2 amide bonds. The second-order valence-electron chi connectivity index (χ2n) is 12.4. The Hall–Kier alpha value is -4.90. The lowest BCUT2D eigenvalue weighted by molar-refractivity contribution is 0.0776. The normalized spacial score (nSPS) is 18.0. The fourth-order valence-electron chi connectivity index (χ4n) is 7.63. The third kappa shape index (κ3) is 4.83. The lowest BCUT2D eigenvalue weighted by Gasteiger charge is -2.16. The predicted octanol–water partition coefficient (Wildman–Crippen LogP) is 6.57. The molecule has 0 bridgehead atoms. The van der Waals surface area contributed by atoms with E-state index in [1.165, 1.54) is 23.5 Å². The van der Waals surface area contributed by atoms with E-state index in [-0.39, 0.29) is 29.6 Å². The number of nitrogens with two attached hydrogens (primary N) is 1. The van der Waals surface area contributed by atoms with Gasteiger partial charge in [-0.3, -0.25) is 14.6 Å². The number of amides is 2. The molecule has 11 heteroatoms. The Morgan fingerprint density at radius 3 is 2.66 bits per heavy atom. The average molecular weight is 650 g/mol. The molecule has 1 fully saturated rings. The number of benzene rings is 2. The summed E-state index contributed by atoms with van der Waals surface area (Å²) in [5, 5.41) is 8.54. The van der Waals surface area contributed by atoms with Crippen molar-refractivity contribution in [3.8, 4) is 27.6 Å². The van der Waals surface area contributed by atoms with E-state index in [0.29, 0.717) is 52.5 Å². The largest absolute Gasteiger partial charge is 0.496 e. The van der Waals surface area contributed by atoms with Crippen molar-refractivity contribution in [2.24, 2.45) is 5.73 Å². The summed E-state index contributed by atoms with van der Waals surface area (Å²) in [5.41, 5.74) is 13.3. The number of thiophene rings is 1. The number of aromatic nitrogens is 3. The van der Waals surface area contributed by atoms with Crippen molar-refractivity contribution in [3.05, 3.63) is 104 Å². The van der Waals surface area contributed by atoms with Gasteiger partial charge >= 0.3 is 0 Å². The molecule has 2 atom stereocenters. The van der Waals surface area contributed by atoms with Crippen LogP contribution < -0.4 is 10.5 Å². The van der Waals surface area contributed by atoms with E-state index in [4.69, 9.17) is 19.9 Å². The highest BCUT2D eigenvalue weighted by atomic mass is 32.1. The molecule has 9 nitrogen and oxygen atoms in total. The summed E-state index contributed by atoms with van der Waals surface area (Å²) in [5.74, 6) is 0.511. The van der Waals surface area contributed by atoms with Crippen molar-refractivity contribution < 1.29 is 23.1 Å². The molecule has 0 unspecified atom stereocenters. The summed E-state index contributed by atoms with van der Waals surface area (Å²) in [6, 6.07) is 14.3. The van der Waals surface area contributed by atoms with Gasteiger partial charge in [0.25, 0.3) is 11.8 Å². The maximum absolute atomic E-state index is 14.2. The van der Waals surface area contributed by atoms with Crippen LogP contribution >= 0.6 is 11.3 Å². The third-order valence-corrected chi connectivity index (χ3v) is 10.9. The highest BCUT2D eigenvalue weighted by Crippen LogP contribution is 2.52. The molecule has 0 radical (unpaired) electrons. The Morgan fingerprint density at radius 1 is 1.09 bits per heavy atom. The first kappa shape index (κ1) is 29.5. The maximum Gasteiger partial charge on any atom is 0.259 e. The minimum absolute atomic E-state index is 0.0617. The number of primary amides is 1. The van der Waals surface area contributed by atoms with Crippen LogP contribution in [-0.4, -0.2) is 45.6 Å². The number of ether oxygens (including phenoxy) is 1. The SMILES string of the molecule is COc1cccc2c1CC[C@H]2c1cc(-c2c3c(nc(CCc4ccc(F)cc4)c2-c2nnc(C)o2)[C@@H]2CCCN2C3=O)sc1C(N)=O. The first-order chi connectivity index (χ1) is 22.8. The van der Waals surface area contributed by atoms with Crippen LogP contribution in [0.25, 0.3) is 21.9 Å². The summed E-state index contributed by atoms with van der Waals surface area (Å²) in [6.45, 7) is 2.37. The lowest BCUT2D eigenvalue weighted by atomic mass is 9.90. The fourth-order valence-corrected chi connectivity index (χ4v) is 8.77. The number of carbonyl (C=O) groups excluding carboxylic acids is 2. The first-order valence-electron chi connectivity index (χ1n) is 15.8. The van der Waals surface area contributed by atoms with E-state index in [1.54, 1.807) is 26.2 Å². The Morgan fingerprint density at radius 2 is 1.91 bits per heavy atom. The topological polar surface area (TPSA) is 124 Å². The van der Waals surface area contributed by atoms with Crippen molar-refractivity contribution in [2.45, 2.75) is 57.4 Å². The number of rotatable bonds is 8. The second-order valence-corrected chi connectivity index (χ2v) is 13.4. The Balaban J connectivity index is 1.35. The van der Waals surface area contributed by atoms with Crippen molar-refractivity contribution in [1.82, 2.24) is 20.1 Å². The molecule has 1 aliphatic carbocycles. The van der Waals surface area contributed by atoms with Gasteiger partial charge in [-0.1, -0.05) is 24.3 Å². The van der Waals surface area contributed by atoms with Crippen molar-refractivity contribution >= 4 is 23.2 Å². The molecule has 3 aliphatic rings. The van der Waals surface area contributed by atoms with Gasteiger partial charge in [0.2, 0.25) is 11.8 Å². The van der Waals surface area contributed by atoms with Crippen molar-refractivity contribution in [2.75, 3.05) is 13.7 Å². The summed E-state index contributed by atoms with van der Waals surface area (Å²) in [4.78, 5) is 35.5. The van der Waals surface area contributed by atoms with Gasteiger partial charge in [0, 0.05) is 29.8 Å². The quantitative estimate of drug-likeness (QED) is 0.202. The number of nitrogens with zero attached hydrogens (tertiary/aromatic N) is 4. The van der Waals surface area contributed by atoms with Crippen LogP contribution in [0.1, 0.15) is 90.8 Å². The molecule has 8 rings (SSSR count). The van der Waals surface area contributed by atoms with E-state index < -0.39 is 5.91 Å². The monoisotopic (exact) mass is 649 g/mol. The molecule has 0 saturated carbocycles. The fraction of sp³-hybridized carbons (Fsp3) is 0.306. The smallest absolute Gasteiger partial charge is 0.259 e. The highest BCUT2D eigenvalue weighted by Gasteiger charge is 2.45. The molecule has 47 heavy (non-hydrogen) atoms. The van der Waals surface area contributed by atoms with E-state index in [9.17, 15) is 14.0 Å². The van der Waals surface area contributed by atoms with Gasteiger partial charge < -0.3 is 19.8 Å². The molecule has 0 spiro atoms. The Bertz CT molecular complexity index is 2070. The Labute approximate surface area is 274 Å². The standard InChI is InChI=1S/C36H32FN5O4S/c1-18-40-41-35(46-18)29-25(15-10-19-8-11-20(37)12-9-19)39-32-26-6-4-16-42(26)36(44)31(32)30(29)28-17-24(33(47-28)34(38)43)22-13-14-23-21(22)5-3-7-27(23)45-2/h3,5,7-9,11-12,17,22,26H,4,6,10,13-16H2,1-2H3,(H2,38,43)/t22-,26+/m1/s1. The van der Waals surface area contributed by atoms with E-state index in [1.807, 2.05) is 23.1 Å². The minimum Gasteiger partial charge on any atom is -0.496 e. The van der Waals surface area contributed by atoms with Crippen LogP contribution in [-0.2, 0) is 19.3 Å². The molecule has 2 N–H and O–H groups in total. The van der Waals surface area contributed by atoms with Gasteiger partial charge in [0.1, 0.15) is 11.6 Å². The van der Waals surface area contributed by atoms with Gasteiger partial charge in [0.15, 0.2) is 0 Å². The molecular weight excluding hydrogens is 617 g/mol. The van der Waals surface area contributed by atoms with Crippen LogP contribution in [0.3, 0.4) is 0 Å². The molecule has 5 aromatic rings. The first-order valence-corrected chi connectivity index (χ1v) is 16.7. The van der Waals surface area contributed by atoms with Crippen molar-refractivity contribution in [3.63, 3.8) is 0 Å². The minimum atomic E-state index is -0.517. The van der Waals surface area contributed by atoms with Crippen LogP contribution in [0.2, 0.25) is 0 Å². The van der Waals surface area contributed by atoms with E-state index in [2.05, 4.69) is 16.3 Å². The van der Waals surface area contributed by atoms with Crippen LogP contribution in [0.15, 0.2) is 52.9 Å². The molecule has 2 aromatic carbocycles. The number of aryl methyl sites for hydroxylation is 3. The van der Waals surface area contributed by atoms with Crippen LogP contribution in [0.4, 0.5) is 4.39 Å². The Kier molecular flexibility index (Phi) is 7.16. The van der Waals surface area contributed by atoms with E-state index >= 15 is 0 Å². The zero-order valence-electron chi connectivity index (χ0n) is 26.0. The van der Waals surface area contributed by atoms with Gasteiger partial charge in [0.05, 0.1) is 40.5 Å². The van der Waals surface area contributed by atoms with Gasteiger partial charge in [-0.25, -0.2) is 4.39 Å². The van der Waals surface area contributed by atoms with Crippen LogP contribution in [0.5, 0.6) is 5.75 Å². The van der Waals surface area contributed by atoms with Gasteiger partial charge in [-0.2, -0.15) is 0 Å². The third-order valence-electron chi connectivity index (χ3n) is 9.70. The number of methoxy groups -OCH3 is 1. The highest BCUT2D eigenvalue weighted by molar-refractivity contribution is 7.17. The van der Waals surface area contributed by atoms with Gasteiger partial charge in [-0.05, 0) is 85.0 Å². The molecular formula is C36H32FN5O4S. The number of fused-ring (bicyclic) bond motifs is 4. The molecule has 5 heterocycles. The summed E-state index contributed by atoms with van der Waals surface area (Å²) in [7, 11) is 1.67. The molecule has 3 aromatic heterocycles. The second kappa shape index (κ2) is 11.4. The number of pyridine rings is 1. The number of hydrogen-bond acceptors (Lipinski definition) is 8. The van der Waals surface area contributed by atoms with E-state index in [0.717, 1.165) is 64.3 Å². The zero-order valence-corrected chi connectivity index (χ0v) is 26.8. The van der Waals surface area contributed by atoms with Crippen LogP contribution in [0, 0.1) is 12.7 Å². The maximum atomic E-state index is 14.2. The van der Waals surface area contributed by atoms with Crippen molar-refractivity contribution in [1.29, 1.82) is 0 Å².